The van der Waals surface area contributed by atoms with E-state index in [1.807, 2.05) is 24.3 Å². The first-order valence-electron chi connectivity index (χ1n) is 8.04. The maximum absolute atomic E-state index is 12.7. The van der Waals surface area contributed by atoms with Crippen LogP contribution in [0.1, 0.15) is 24.1 Å². The van der Waals surface area contributed by atoms with E-state index in [4.69, 9.17) is 23.2 Å². The zero-order valence-electron chi connectivity index (χ0n) is 13.6. The molecule has 0 aromatic heterocycles. The lowest BCUT2D eigenvalue weighted by molar-refractivity contribution is -0.129. The molecule has 1 fully saturated rings. The molecule has 3 rings (SSSR count). The van der Waals surface area contributed by atoms with Crippen LogP contribution in [-0.4, -0.2) is 18.4 Å². The van der Waals surface area contributed by atoms with Crippen molar-refractivity contribution in [3.05, 3.63) is 69.7 Å². The molecule has 6 heteroatoms. The highest BCUT2D eigenvalue weighted by molar-refractivity contribution is 6.30. The van der Waals surface area contributed by atoms with Gasteiger partial charge in [0.1, 0.15) is 0 Å². The molecule has 25 heavy (non-hydrogen) atoms. The van der Waals surface area contributed by atoms with Gasteiger partial charge in [-0.25, -0.2) is 0 Å². The number of nitrogens with one attached hydrogen (secondary N) is 2. The average Bonchev–Trinajstić information content (AvgIpc) is 2.94. The van der Waals surface area contributed by atoms with Crippen LogP contribution in [-0.2, 0) is 9.59 Å². The number of carbonyl (C=O) groups is 2. The summed E-state index contributed by atoms with van der Waals surface area (Å²) < 4.78 is 0. The second-order valence-electron chi connectivity index (χ2n) is 6.19. The van der Waals surface area contributed by atoms with Crippen LogP contribution in [0.15, 0.2) is 48.5 Å². The highest BCUT2D eigenvalue weighted by Gasteiger charge is 2.36. The molecule has 4 nitrogen and oxygen atoms in total. The molecular formula is C19H18Cl2N2O2. The molecular weight excluding hydrogens is 359 g/mol. The van der Waals surface area contributed by atoms with E-state index >= 15 is 0 Å². The van der Waals surface area contributed by atoms with Crippen LogP contribution < -0.4 is 10.6 Å². The minimum Gasteiger partial charge on any atom is -0.355 e. The topological polar surface area (TPSA) is 58.2 Å². The van der Waals surface area contributed by atoms with Crippen LogP contribution in [0.3, 0.4) is 0 Å². The Balaban J connectivity index is 1.88. The molecule has 2 amide bonds. The second kappa shape index (κ2) is 7.46. The van der Waals surface area contributed by atoms with Crippen molar-refractivity contribution in [1.82, 2.24) is 10.6 Å². The van der Waals surface area contributed by atoms with Crippen LogP contribution in [0.2, 0.25) is 10.0 Å². The molecule has 0 bridgehead atoms. The van der Waals surface area contributed by atoms with Crippen molar-refractivity contribution in [1.29, 1.82) is 0 Å². The number of halogens is 2. The van der Waals surface area contributed by atoms with Gasteiger partial charge in [0.05, 0.1) is 12.0 Å². The van der Waals surface area contributed by atoms with Crippen molar-refractivity contribution >= 4 is 35.0 Å². The van der Waals surface area contributed by atoms with Gasteiger partial charge >= 0.3 is 0 Å². The van der Waals surface area contributed by atoms with E-state index in [1.165, 1.54) is 0 Å². The zero-order valence-corrected chi connectivity index (χ0v) is 15.1. The van der Waals surface area contributed by atoms with Gasteiger partial charge in [0.15, 0.2) is 0 Å². The largest absolute Gasteiger partial charge is 0.355 e. The molecule has 1 aliphatic rings. The van der Waals surface area contributed by atoms with Gasteiger partial charge in [0.25, 0.3) is 0 Å². The highest BCUT2D eigenvalue weighted by atomic mass is 35.5. The lowest BCUT2D eigenvalue weighted by Crippen LogP contribution is -2.37. The van der Waals surface area contributed by atoms with Crippen LogP contribution in [0.4, 0.5) is 0 Å². The summed E-state index contributed by atoms with van der Waals surface area (Å²) in [6, 6.07) is 14.3. The lowest BCUT2D eigenvalue weighted by atomic mass is 9.94. The van der Waals surface area contributed by atoms with Crippen molar-refractivity contribution < 1.29 is 9.59 Å². The number of amides is 2. The van der Waals surface area contributed by atoms with Crippen molar-refractivity contribution in [2.75, 3.05) is 6.54 Å². The van der Waals surface area contributed by atoms with Gasteiger partial charge in [-0.3, -0.25) is 9.59 Å². The van der Waals surface area contributed by atoms with E-state index in [2.05, 4.69) is 10.6 Å². The van der Waals surface area contributed by atoms with E-state index in [0.29, 0.717) is 16.6 Å². The summed E-state index contributed by atoms with van der Waals surface area (Å²) in [5.74, 6) is -0.957. The van der Waals surface area contributed by atoms with Gasteiger partial charge in [-0.05, 0) is 35.4 Å². The molecule has 2 aromatic rings. The number of benzene rings is 2. The van der Waals surface area contributed by atoms with Crippen LogP contribution in [0.5, 0.6) is 0 Å². The van der Waals surface area contributed by atoms with Crippen molar-refractivity contribution in [2.45, 2.75) is 13.0 Å². The third-order valence-corrected chi connectivity index (χ3v) is 5.05. The Bertz CT molecular complexity index is 730. The Kier molecular flexibility index (Phi) is 5.30. The fourth-order valence-corrected chi connectivity index (χ4v) is 3.22. The summed E-state index contributed by atoms with van der Waals surface area (Å²) in [6.07, 6.45) is 0. The molecule has 130 valence electrons. The Labute approximate surface area is 156 Å². The Morgan fingerprint density at radius 2 is 1.52 bits per heavy atom. The fraction of sp³-hybridized carbons (Fsp3) is 0.263. The minimum absolute atomic E-state index is 0.0883. The molecule has 2 unspecified atom stereocenters. The fourth-order valence-electron chi connectivity index (χ4n) is 2.97. The molecule has 0 spiro atoms. The molecule has 2 atom stereocenters. The van der Waals surface area contributed by atoms with Gasteiger partial charge < -0.3 is 10.6 Å². The van der Waals surface area contributed by atoms with Crippen LogP contribution in [0, 0.1) is 11.8 Å². The number of rotatable bonds is 4. The van der Waals surface area contributed by atoms with Crippen molar-refractivity contribution in [3.63, 3.8) is 0 Å². The van der Waals surface area contributed by atoms with E-state index < -0.39 is 0 Å². The molecule has 1 saturated heterocycles. The Morgan fingerprint density at radius 1 is 1.04 bits per heavy atom. The smallest absolute Gasteiger partial charge is 0.226 e. The summed E-state index contributed by atoms with van der Waals surface area (Å²) in [7, 11) is 0. The first-order valence-corrected chi connectivity index (χ1v) is 8.80. The molecule has 0 aliphatic carbocycles. The summed E-state index contributed by atoms with van der Waals surface area (Å²) >= 11 is 12.0. The summed E-state index contributed by atoms with van der Waals surface area (Å²) in [4.78, 5) is 24.4. The number of hydrogen-bond acceptors (Lipinski definition) is 2. The van der Waals surface area contributed by atoms with Gasteiger partial charge in [-0.1, -0.05) is 54.4 Å². The predicted octanol–water partition coefficient (Wildman–Crippen LogP) is 3.58. The quantitative estimate of drug-likeness (QED) is 0.856. The van der Waals surface area contributed by atoms with Gasteiger partial charge in [-0.2, -0.15) is 0 Å². The van der Waals surface area contributed by atoms with E-state index in [-0.39, 0.29) is 29.7 Å². The lowest BCUT2D eigenvalue weighted by Gasteiger charge is -2.23. The third-order valence-electron chi connectivity index (χ3n) is 4.54. The van der Waals surface area contributed by atoms with E-state index in [9.17, 15) is 9.59 Å². The molecule has 0 saturated carbocycles. The summed E-state index contributed by atoms with van der Waals surface area (Å²) in [6.45, 7) is 2.13. The van der Waals surface area contributed by atoms with Crippen LogP contribution >= 0.6 is 23.2 Å². The minimum atomic E-state index is -0.380. The molecule has 1 heterocycles. The predicted molar refractivity (Wildman–Crippen MR) is 98.6 cm³/mol. The summed E-state index contributed by atoms with van der Waals surface area (Å²) in [5, 5.41) is 7.06. The molecule has 2 N–H and O–H groups in total. The first kappa shape index (κ1) is 17.8. The monoisotopic (exact) mass is 376 g/mol. The second-order valence-corrected chi connectivity index (χ2v) is 7.06. The highest BCUT2D eigenvalue weighted by Crippen LogP contribution is 2.26. The number of hydrogen-bond donors (Lipinski definition) is 2. The van der Waals surface area contributed by atoms with E-state index in [0.717, 1.165) is 11.1 Å². The Hall–Kier alpha value is -2.04. The van der Waals surface area contributed by atoms with Gasteiger partial charge in [0.2, 0.25) is 11.8 Å². The maximum atomic E-state index is 12.7. The maximum Gasteiger partial charge on any atom is 0.226 e. The standard InChI is InChI=1S/C19H18Cl2N2O2/c1-11-16(10-22-18(11)24)19(25)23-17(12-2-6-14(20)7-3-12)13-4-8-15(21)9-5-13/h2-9,11,16-17H,10H2,1H3,(H,22,24)(H,23,25). The average molecular weight is 377 g/mol. The van der Waals surface area contributed by atoms with Gasteiger partial charge in [0, 0.05) is 22.5 Å². The molecule has 1 aliphatic heterocycles. The summed E-state index contributed by atoms with van der Waals surface area (Å²) in [5.41, 5.74) is 1.81. The van der Waals surface area contributed by atoms with Crippen molar-refractivity contribution in [3.8, 4) is 0 Å². The normalized spacial score (nSPS) is 19.8. The van der Waals surface area contributed by atoms with E-state index in [1.54, 1.807) is 31.2 Å². The SMILES string of the molecule is CC1C(=O)NCC1C(=O)NC(c1ccc(Cl)cc1)c1ccc(Cl)cc1. The van der Waals surface area contributed by atoms with Crippen molar-refractivity contribution in [2.24, 2.45) is 11.8 Å². The zero-order chi connectivity index (χ0) is 18.0. The van der Waals surface area contributed by atoms with Crippen LogP contribution in [0.25, 0.3) is 0 Å². The third kappa shape index (κ3) is 3.97. The molecule has 2 aromatic carbocycles. The Morgan fingerprint density at radius 3 is 1.92 bits per heavy atom. The number of carbonyl (C=O) groups excluding carboxylic acids is 2. The first-order chi connectivity index (χ1) is 12.0. The molecule has 0 radical (unpaired) electrons. The van der Waals surface area contributed by atoms with Gasteiger partial charge in [-0.15, -0.1) is 0 Å².